The molecular formula is C28H29FINO5. The largest absolute Gasteiger partial charge is 0.497 e. The number of pyridine rings is 1. The van der Waals surface area contributed by atoms with Gasteiger partial charge in [-0.2, -0.15) is 0 Å². The van der Waals surface area contributed by atoms with E-state index in [1.54, 1.807) is 30.5 Å². The first-order chi connectivity index (χ1) is 17.4. The maximum absolute atomic E-state index is 14.4. The molecule has 0 aliphatic heterocycles. The highest BCUT2D eigenvalue weighted by atomic mass is 127. The number of rotatable bonds is 10. The van der Waals surface area contributed by atoms with Crippen molar-refractivity contribution < 1.29 is 28.5 Å². The van der Waals surface area contributed by atoms with Gasteiger partial charge in [-0.15, -0.1) is 0 Å². The van der Waals surface area contributed by atoms with Crippen LogP contribution in [0.15, 0.2) is 54.7 Å². The Morgan fingerprint density at radius 1 is 1.17 bits per heavy atom. The number of halogens is 2. The van der Waals surface area contributed by atoms with Gasteiger partial charge in [0.1, 0.15) is 17.3 Å². The van der Waals surface area contributed by atoms with Crippen LogP contribution in [0.2, 0.25) is 0 Å². The van der Waals surface area contributed by atoms with Crippen molar-refractivity contribution in [2.45, 2.75) is 31.8 Å². The van der Waals surface area contributed by atoms with Gasteiger partial charge in [0.25, 0.3) is 0 Å². The fourth-order valence-corrected chi connectivity index (χ4v) is 4.99. The number of ether oxygens (including phenoxy) is 3. The van der Waals surface area contributed by atoms with Gasteiger partial charge < -0.3 is 19.3 Å². The molecule has 0 spiro atoms. The zero-order valence-electron chi connectivity index (χ0n) is 20.4. The molecule has 3 atom stereocenters. The molecule has 1 aliphatic rings. The molecule has 1 aliphatic carbocycles. The molecule has 8 heteroatoms. The zero-order valence-corrected chi connectivity index (χ0v) is 22.6. The Morgan fingerprint density at radius 2 is 1.94 bits per heavy atom. The summed E-state index contributed by atoms with van der Waals surface area (Å²) in [7, 11) is 2.94. The van der Waals surface area contributed by atoms with Crippen molar-refractivity contribution in [1.82, 2.24) is 4.98 Å². The third-order valence-corrected chi connectivity index (χ3v) is 7.51. The van der Waals surface area contributed by atoms with E-state index >= 15 is 0 Å². The Morgan fingerprint density at radius 3 is 2.56 bits per heavy atom. The third kappa shape index (κ3) is 5.81. The average Bonchev–Trinajstić information content (AvgIpc) is 3.74. The predicted octanol–water partition coefficient (Wildman–Crippen LogP) is 5.92. The fraction of sp³-hybridized carbons (Fsp3) is 0.357. The standard InChI is InChI=1S/C28H29FINO5/c1-16(28(33)35-3)27(17-4-5-17)18-6-10-23(30)25(12-18)36-26(15-32)24-11-7-19(14-31-24)21-13-20(34-2)8-9-22(21)29/h6-14,16-17,26-27,32H,4-5,15H2,1-3H3/t16-,26?,27-/m0/s1. The number of aliphatic hydroxyl groups excluding tert-OH is 1. The van der Waals surface area contributed by atoms with Gasteiger partial charge in [0, 0.05) is 17.3 Å². The monoisotopic (exact) mass is 605 g/mol. The molecule has 0 saturated heterocycles. The van der Waals surface area contributed by atoms with E-state index in [9.17, 15) is 14.3 Å². The molecule has 1 N–H and O–H groups in total. The summed E-state index contributed by atoms with van der Waals surface area (Å²) in [6.45, 7) is 1.62. The Bertz CT molecular complexity index is 1220. The van der Waals surface area contributed by atoms with Crippen LogP contribution in [0, 0.1) is 21.2 Å². The van der Waals surface area contributed by atoms with Gasteiger partial charge >= 0.3 is 5.97 Å². The number of benzene rings is 2. The van der Waals surface area contributed by atoms with Crippen LogP contribution in [0.3, 0.4) is 0 Å². The molecule has 1 fully saturated rings. The fourth-order valence-electron chi connectivity index (χ4n) is 4.53. The molecule has 4 rings (SSSR count). The van der Waals surface area contributed by atoms with Crippen LogP contribution in [0.1, 0.15) is 43.0 Å². The molecule has 2 aromatic carbocycles. The molecule has 1 saturated carbocycles. The SMILES string of the molecule is COC(=O)[C@@H](C)[C@H](c1ccc(I)c(OC(CO)c2ccc(-c3cc(OC)ccc3F)cn2)c1)C1CC1. The number of methoxy groups -OCH3 is 2. The van der Waals surface area contributed by atoms with E-state index in [-0.39, 0.29) is 30.2 Å². The highest BCUT2D eigenvalue weighted by molar-refractivity contribution is 14.1. The van der Waals surface area contributed by atoms with Crippen LogP contribution in [0.4, 0.5) is 4.39 Å². The van der Waals surface area contributed by atoms with Crippen molar-refractivity contribution in [2.75, 3.05) is 20.8 Å². The summed E-state index contributed by atoms with van der Waals surface area (Å²) >= 11 is 2.19. The minimum absolute atomic E-state index is 0.0412. The molecule has 36 heavy (non-hydrogen) atoms. The lowest BCUT2D eigenvalue weighted by atomic mass is 9.83. The van der Waals surface area contributed by atoms with Crippen LogP contribution >= 0.6 is 22.6 Å². The van der Waals surface area contributed by atoms with Crippen LogP contribution in [0.5, 0.6) is 11.5 Å². The van der Waals surface area contributed by atoms with Crippen molar-refractivity contribution >= 4 is 28.6 Å². The van der Waals surface area contributed by atoms with Crippen LogP contribution in [-0.2, 0) is 9.53 Å². The Balaban J connectivity index is 1.57. The lowest BCUT2D eigenvalue weighted by Crippen LogP contribution is -2.22. The second-order valence-corrected chi connectivity index (χ2v) is 10.1. The number of carbonyl (C=O) groups is 1. The van der Waals surface area contributed by atoms with Gasteiger partial charge in [0.2, 0.25) is 0 Å². The van der Waals surface area contributed by atoms with Crippen molar-refractivity contribution in [2.24, 2.45) is 11.8 Å². The van der Waals surface area contributed by atoms with Crippen molar-refractivity contribution in [3.63, 3.8) is 0 Å². The highest BCUT2D eigenvalue weighted by Gasteiger charge is 2.39. The molecular weight excluding hydrogens is 576 g/mol. The summed E-state index contributed by atoms with van der Waals surface area (Å²) in [6.07, 6.45) is 3.01. The highest BCUT2D eigenvalue weighted by Crippen LogP contribution is 2.48. The van der Waals surface area contributed by atoms with E-state index in [1.807, 2.05) is 25.1 Å². The Hall–Kier alpha value is -2.72. The topological polar surface area (TPSA) is 77.9 Å². The number of carbonyl (C=O) groups excluding carboxylic acids is 1. The van der Waals surface area contributed by atoms with E-state index in [0.717, 1.165) is 22.0 Å². The minimum atomic E-state index is -0.713. The van der Waals surface area contributed by atoms with Gasteiger partial charge in [0.15, 0.2) is 6.10 Å². The summed E-state index contributed by atoms with van der Waals surface area (Å²) in [5.41, 5.74) is 2.50. The van der Waals surface area contributed by atoms with Gasteiger partial charge in [0.05, 0.1) is 36.0 Å². The van der Waals surface area contributed by atoms with Gasteiger partial charge in [-0.05, 0) is 89.2 Å². The second-order valence-electron chi connectivity index (χ2n) is 8.97. The molecule has 0 bridgehead atoms. The summed E-state index contributed by atoms with van der Waals surface area (Å²) in [5.74, 6) is 0.768. The van der Waals surface area contributed by atoms with Crippen LogP contribution < -0.4 is 9.47 Å². The number of nitrogens with zero attached hydrogens (tertiary/aromatic N) is 1. The molecule has 190 valence electrons. The quantitative estimate of drug-likeness (QED) is 0.229. The molecule has 0 radical (unpaired) electrons. The lowest BCUT2D eigenvalue weighted by molar-refractivity contribution is -0.145. The Labute approximate surface area is 223 Å². The number of esters is 1. The van der Waals surface area contributed by atoms with Gasteiger partial charge in [-0.3, -0.25) is 9.78 Å². The summed E-state index contributed by atoms with van der Waals surface area (Å²) < 4.78 is 31.7. The lowest BCUT2D eigenvalue weighted by Gasteiger charge is -2.24. The first-order valence-electron chi connectivity index (χ1n) is 11.8. The zero-order chi connectivity index (χ0) is 25.8. The molecule has 1 aromatic heterocycles. The first-order valence-corrected chi connectivity index (χ1v) is 12.9. The maximum Gasteiger partial charge on any atom is 0.309 e. The first kappa shape index (κ1) is 26.3. The maximum atomic E-state index is 14.4. The van der Waals surface area contributed by atoms with E-state index in [0.29, 0.717) is 34.2 Å². The summed E-state index contributed by atoms with van der Waals surface area (Å²) in [4.78, 5) is 16.7. The molecule has 1 heterocycles. The van der Waals surface area contributed by atoms with Crippen molar-refractivity contribution in [3.05, 3.63) is 75.4 Å². The van der Waals surface area contributed by atoms with Gasteiger partial charge in [-0.1, -0.05) is 19.1 Å². The third-order valence-electron chi connectivity index (χ3n) is 6.62. The normalized spacial score (nSPS) is 15.6. The summed E-state index contributed by atoms with van der Waals surface area (Å²) in [5, 5.41) is 10.1. The summed E-state index contributed by atoms with van der Waals surface area (Å²) in [6, 6.07) is 13.9. The van der Waals surface area contributed by atoms with Crippen molar-refractivity contribution in [1.29, 1.82) is 0 Å². The smallest absolute Gasteiger partial charge is 0.309 e. The average molecular weight is 605 g/mol. The number of aliphatic hydroxyl groups is 1. The molecule has 3 aromatic rings. The molecule has 1 unspecified atom stereocenters. The molecule has 0 amide bonds. The minimum Gasteiger partial charge on any atom is -0.497 e. The predicted molar refractivity (Wildman–Crippen MR) is 142 cm³/mol. The van der Waals surface area contributed by atoms with E-state index in [1.165, 1.54) is 20.3 Å². The number of hydrogen-bond donors (Lipinski definition) is 1. The molecule has 6 nitrogen and oxygen atoms in total. The van der Waals surface area contributed by atoms with Crippen LogP contribution in [0.25, 0.3) is 11.1 Å². The second kappa shape index (κ2) is 11.6. The van der Waals surface area contributed by atoms with E-state index in [2.05, 4.69) is 27.6 Å². The Kier molecular flexibility index (Phi) is 8.46. The van der Waals surface area contributed by atoms with Crippen molar-refractivity contribution in [3.8, 4) is 22.6 Å². The van der Waals surface area contributed by atoms with Gasteiger partial charge in [-0.25, -0.2) is 4.39 Å². The number of hydrogen-bond acceptors (Lipinski definition) is 6. The van der Waals surface area contributed by atoms with Crippen LogP contribution in [-0.4, -0.2) is 36.9 Å². The van der Waals surface area contributed by atoms with E-state index < -0.39 is 6.10 Å². The number of aromatic nitrogens is 1. The van der Waals surface area contributed by atoms with E-state index in [4.69, 9.17) is 14.2 Å².